The van der Waals surface area contributed by atoms with Crippen molar-refractivity contribution >= 4 is 22.6 Å². The molecule has 0 aliphatic heterocycles. The Morgan fingerprint density at radius 2 is 2.00 bits per heavy atom. The Morgan fingerprint density at radius 3 is 2.23 bits per heavy atom. The molecule has 0 amide bonds. The van der Waals surface area contributed by atoms with Crippen LogP contribution in [0.3, 0.4) is 0 Å². The second-order valence-corrected chi connectivity index (χ2v) is 4.72. The molecule has 1 aromatic rings. The zero-order valence-electron chi connectivity index (χ0n) is 8.06. The first-order valence-corrected chi connectivity index (χ1v) is 4.94. The van der Waals surface area contributed by atoms with E-state index in [0.717, 1.165) is 0 Å². The summed E-state index contributed by atoms with van der Waals surface area (Å²) < 4.78 is 20.2. The van der Waals surface area contributed by atoms with E-state index >= 15 is 0 Å². The number of methoxy groups -OCH3 is 1. The smallest absolute Gasteiger partial charge is 0.270 e. The van der Waals surface area contributed by atoms with Gasteiger partial charge in [0.2, 0.25) is 5.82 Å². The maximum Gasteiger partial charge on any atom is 0.270 e. The molecule has 3 nitrogen and oxygen atoms in total. The fraction of sp³-hybridized carbons (Fsp3) is 0.625. The van der Waals surface area contributed by atoms with Crippen LogP contribution in [0.5, 0.6) is 5.88 Å². The van der Waals surface area contributed by atoms with Gasteiger partial charge in [-0.05, 0) is 43.4 Å². The van der Waals surface area contributed by atoms with Gasteiger partial charge in [0, 0.05) is 0 Å². The number of ether oxygens (including phenoxy) is 1. The molecular weight excluding hydrogens is 286 g/mol. The molecule has 0 saturated carbocycles. The van der Waals surface area contributed by atoms with Gasteiger partial charge in [0.25, 0.3) is 5.88 Å². The Morgan fingerprint density at radius 1 is 1.46 bits per heavy atom. The number of aromatic nitrogens is 2. The van der Waals surface area contributed by atoms with E-state index in [1.165, 1.54) is 7.11 Å². The second kappa shape index (κ2) is 3.43. The zero-order valence-corrected chi connectivity index (χ0v) is 10.2. The minimum atomic E-state index is -0.391. The standard InChI is InChI=1S/C8H12FIN2O/c1-8(2,3)12-6(10)5(9)7(11-12)13-4/h1-4H3. The Labute approximate surface area is 90.4 Å². The van der Waals surface area contributed by atoms with Crippen molar-refractivity contribution in [3.05, 3.63) is 9.52 Å². The third kappa shape index (κ3) is 1.95. The van der Waals surface area contributed by atoms with Gasteiger partial charge in [0.15, 0.2) is 0 Å². The van der Waals surface area contributed by atoms with Crippen molar-refractivity contribution in [3.8, 4) is 5.88 Å². The summed E-state index contributed by atoms with van der Waals surface area (Å²) in [6, 6.07) is 0. The molecular formula is C8H12FIN2O. The third-order valence-corrected chi connectivity index (χ3v) is 2.50. The molecule has 5 heteroatoms. The zero-order chi connectivity index (χ0) is 10.2. The molecule has 13 heavy (non-hydrogen) atoms. The maximum absolute atomic E-state index is 13.3. The summed E-state index contributed by atoms with van der Waals surface area (Å²) in [7, 11) is 1.41. The monoisotopic (exact) mass is 298 g/mol. The van der Waals surface area contributed by atoms with Gasteiger partial charge in [0.1, 0.15) is 3.70 Å². The SMILES string of the molecule is COc1nn(C(C)(C)C)c(I)c1F. The summed E-state index contributed by atoms with van der Waals surface area (Å²) in [5.74, 6) is -0.336. The highest BCUT2D eigenvalue weighted by atomic mass is 127. The highest BCUT2D eigenvalue weighted by Gasteiger charge is 2.23. The topological polar surface area (TPSA) is 27.1 Å². The highest BCUT2D eigenvalue weighted by molar-refractivity contribution is 14.1. The van der Waals surface area contributed by atoms with E-state index in [4.69, 9.17) is 4.74 Å². The number of rotatable bonds is 1. The van der Waals surface area contributed by atoms with E-state index in [1.54, 1.807) is 4.68 Å². The van der Waals surface area contributed by atoms with Crippen LogP contribution in [-0.2, 0) is 5.54 Å². The van der Waals surface area contributed by atoms with Crippen LogP contribution < -0.4 is 4.74 Å². The lowest BCUT2D eigenvalue weighted by Gasteiger charge is -2.19. The van der Waals surface area contributed by atoms with E-state index in [0.29, 0.717) is 3.70 Å². The average Bonchev–Trinajstić information content (AvgIpc) is 2.28. The number of nitrogens with zero attached hydrogens (tertiary/aromatic N) is 2. The van der Waals surface area contributed by atoms with E-state index in [2.05, 4.69) is 5.10 Å². The minimum Gasteiger partial charge on any atom is -0.478 e. The molecule has 0 saturated heterocycles. The average molecular weight is 298 g/mol. The van der Waals surface area contributed by atoms with Crippen molar-refractivity contribution in [1.82, 2.24) is 9.78 Å². The first kappa shape index (κ1) is 10.7. The molecule has 1 rings (SSSR count). The molecule has 0 bridgehead atoms. The van der Waals surface area contributed by atoms with E-state index in [1.807, 2.05) is 43.4 Å². The Kier molecular flexibility index (Phi) is 2.84. The van der Waals surface area contributed by atoms with Crippen LogP contribution in [-0.4, -0.2) is 16.9 Å². The molecule has 0 spiro atoms. The lowest BCUT2D eigenvalue weighted by Crippen LogP contribution is -2.24. The van der Waals surface area contributed by atoms with E-state index in [9.17, 15) is 4.39 Å². The maximum atomic E-state index is 13.3. The molecule has 0 aliphatic carbocycles. The third-order valence-electron chi connectivity index (χ3n) is 1.57. The summed E-state index contributed by atoms with van der Waals surface area (Å²) in [4.78, 5) is 0. The summed E-state index contributed by atoms with van der Waals surface area (Å²) in [5.41, 5.74) is -0.228. The van der Waals surface area contributed by atoms with E-state index < -0.39 is 5.82 Å². The second-order valence-electron chi connectivity index (χ2n) is 3.70. The van der Waals surface area contributed by atoms with Gasteiger partial charge < -0.3 is 4.74 Å². The summed E-state index contributed by atoms with van der Waals surface area (Å²) >= 11 is 1.92. The molecule has 0 unspecified atom stereocenters. The number of halogens is 2. The van der Waals surface area contributed by atoms with Crippen molar-refractivity contribution in [1.29, 1.82) is 0 Å². The number of hydrogen-bond acceptors (Lipinski definition) is 2. The quantitative estimate of drug-likeness (QED) is 0.744. The summed E-state index contributed by atoms with van der Waals surface area (Å²) in [6.07, 6.45) is 0. The normalized spacial score (nSPS) is 11.8. The molecule has 0 aliphatic rings. The molecule has 0 atom stereocenters. The van der Waals surface area contributed by atoms with Crippen LogP contribution in [0.4, 0.5) is 4.39 Å². The highest BCUT2D eigenvalue weighted by Crippen LogP contribution is 2.26. The predicted molar refractivity (Wildman–Crippen MR) is 56.5 cm³/mol. The predicted octanol–water partition coefficient (Wildman–Crippen LogP) is 2.39. The lowest BCUT2D eigenvalue weighted by atomic mass is 10.1. The molecule has 1 aromatic heterocycles. The van der Waals surface area contributed by atoms with Gasteiger partial charge in [-0.25, -0.2) is 4.68 Å². The van der Waals surface area contributed by atoms with Crippen molar-refractivity contribution in [3.63, 3.8) is 0 Å². The minimum absolute atomic E-state index is 0.0549. The van der Waals surface area contributed by atoms with Crippen LogP contribution in [0.1, 0.15) is 20.8 Å². The fourth-order valence-corrected chi connectivity index (χ4v) is 2.00. The van der Waals surface area contributed by atoms with Gasteiger partial charge in [-0.3, -0.25) is 0 Å². The molecule has 74 valence electrons. The first-order valence-electron chi connectivity index (χ1n) is 3.86. The van der Waals surface area contributed by atoms with Crippen LogP contribution >= 0.6 is 22.6 Å². The largest absolute Gasteiger partial charge is 0.478 e. The van der Waals surface area contributed by atoms with Gasteiger partial charge >= 0.3 is 0 Å². The van der Waals surface area contributed by atoms with Crippen molar-refractivity contribution < 1.29 is 9.13 Å². The Hall–Kier alpha value is -0.330. The van der Waals surface area contributed by atoms with Gasteiger partial charge in [-0.2, -0.15) is 4.39 Å². The summed E-state index contributed by atoms with van der Waals surface area (Å²) in [5, 5.41) is 4.01. The van der Waals surface area contributed by atoms with Gasteiger partial charge in [-0.1, -0.05) is 0 Å². The lowest BCUT2D eigenvalue weighted by molar-refractivity contribution is 0.324. The number of hydrogen-bond donors (Lipinski definition) is 0. The Bertz CT molecular complexity index is 317. The van der Waals surface area contributed by atoms with Crippen molar-refractivity contribution in [2.75, 3.05) is 7.11 Å². The fourth-order valence-electron chi connectivity index (χ4n) is 0.935. The van der Waals surface area contributed by atoms with Gasteiger partial charge in [0.05, 0.1) is 12.6 Å². The van der Waals surface area contributed by atoms with Crippen molar-refractivity contribution in [2.24, 2.45) is 0 Å². The molecule has 0 N–H and O–H groups in total. The van der Waals surface area contributed by atoms with Crippen LogP contribution in [0.15, 0.2) is 0 Å². The van der Waals surface area contributed by atoms with Crippen LogP contribution in [0, 0.1) is 9.52 Å². The molecule has 0 radical (unpaired) electrons. The summed E-state index contributed by atoms with van der Waals surface area (Å²) in [6.45, 7) is 5.88. The molecule has 0 aromatic carbocycles. The Balaban J connectivity index is 3.25. The van der Waals surface area contributed by atoms with Crippen LogP contribution in [0.25, 0.3) is 0 Å². The first-order chi connectivity index (χ1) is 5.88. The molecule has 0 fully saturated rings. The molecule has 1 heterocycles. The van der Waals surface area contributed by atoms with E-state index in [-0.39, 0.29) is 11.4 Å². The van der Waals surface area contributed by atoms with Crippen molar-refractivity contribution in [2.45, 2.75) is 26.3 Å². The van der Waals surface area contributed by atoms with Gasteiger partial charge in [-0.15, -0.1) is 5.10 Å². The van der Waals surface area contributed by atoms with Crippen LogP contribution in [0.2, 0.25) is 0 Å².